The van der Waals surface area contributed by atoms with Crippen LogP contribution in [0.4, 0.5) is 0 Å². The summed E-state index contributed by atoms with van der Waals surface area (Å²) in [5, 5.41) is 10.9. The Kier molecular flexibility index (Phi) is 4.62. The molecule has 0 aliphatic carbocycles. The molecule has 2 N–H and O–H groups in total. The molecule has 1 heterocycles. The molecule has 1 unspecified atom stereocenters. The molecule has 3 aromatic rings. The highest BCUT2D eigenvalue weighted by molar-refractivity contribution is 6.04. The third kappa shape index (κ3) is 3.31. The minimum absolute atomic E-state index is 0.111. The zero-order chi connectivity index (χ0) is 17.1. The highest BCUT2D eigenvalue weighted by Crippen LogP contribution is 2.19. The van der Waals surface area contributed by atoms with Crippen LogP contribution in [0, 0.1) is 6.92 Å². The van der Waals surface area contributed by atoms with Crippen LogP contribution in [0.1, 0.15) is 27.7 Å². The summed E-state index contributed by atoms with van der Waals surface area (Å²) >= 11 is 0. The van der Waals surface area contributed by atoms with Crippen molar-refractivity contribution in [3.8, 4) is 0 Å². The molecule has 24 heavy (non-hydrogen) atoms. The van der Waals surface area contributed by atoms with Crippen molar-refractivity contribution < 1.29 is 4.79 Å². The molecule has 1 amide bonds. The Labute approximate surface area is 141 Å². The van der Waals surface area contributed by atoms with E-state index in [1.54, 1.807) is 0 Å². The Morgan fingerprint density at radius 3 is 2.58 bits per heavy atom. The van der Waals surface area contributed by atoms with Gasteiger partial charge < -0.3 is 10.2 Å². The summed E-state index contributed by atoms with van der Waals surface area (Å²) in [5.41, 5.74) is 3.71. The second-order valence-electron chi connectivity index (χ2n) is 6.22. The number of amides is 1. The molecule has 0 saturated heterocycles. The molecule has 0 radical (unpaired) electrons. The molecule has 0 aliphatic rings. The van der Waals surface area contributed by atoms with Gasteiger partial charge in [0.25, 0.3) is 5.91 Å². The van der Waals surface area contributed by atoms with Crippen molar-refractivity contribution >= 4 is 16.8 Å². The third-order valence-electron chi connectivity index (χ3n) is 4.23. The van der Waals surface area contributed by atoms with Gasteiger partial charge in [-0.25, -0.2) is 0 Å². The van der Waals surface area contributed by atoms with E-state index >= 15 is 0 Å². The predicted molar refractivity (Wildman–Crippen MR) is 96.0 cm³/mol. The summed E-state index contributed by atoms with van der Waals surface area (Å²) in [4.78, 5) is 14.6. The zero-order valence-electron chi connectivity index (χ0n) is 14.2. The molecule has 1 aromatic heterocycles. The SMILES string of the molecule is Cc1ccc(C(CNC(=O)c2n[nH]c3ccccc23)N(C)C)cc1. The van der Waals surface area contributed by atoms with Crippen LogP contribution in [0.5, 0.6) is 0 Å². The van der Waals surface area contributed by atoms with Crippen LogP contribution in [0.25, 0.3) is 10.9 Å². The van der Waals surface area contributed by atoms with Gasteiger partial charge in [0.05, 0.1) is 11.6 Å². The average Bonchev–Trinajstić information content (AvgIpc) is 3.00. The molecule has 0 fully saturated rings. The van der Waals surface area contributed by atoms with Crippen molar-refractivity contribution in [3.63, 3.8) is 0 Å². The Balaban J connectivity index is 1.75. The van der Waals surface area contributed by atoms with Crippen LogP contribution in [-0.2, 0) is 0 Å². The summed E-state index contributed by atoms with van der Waals surface area (Å²) in [6.45, 7) is 2.59. The maximum absolute atomic E-state index is 12.5. The lowest BCUT2D eigenvalue weighted by molar-refractivity contribution is 0.0938. The number of aromatic amines is 1. The van der Waals surface area contributed by atoms with Crippen molar-refractivity contribution in [2.45, 2.75) is 13.0 Å². The summed E-state index contributed by atoms with van der Waals surface area (Å²) in [7, 11) is 4.03. The summed E-state index contributed by atoms with van der Waals surface area (Å²) in [6, 6.07) is 16.1. The number of para-hydroxylation sites is 1. The predicted octanol–water partition coefficient (Wildman–Crippen LogP) is 2.90. The fraction of sp³-hybridized carbons (Fsp3) is 0.263. The van der Waals surface area contributed by atoms with E-state index in [-0.39, 0.29) is 11.9 Å². The first-order valence-electron chi connectivity index (χ1n) is 8.00. The van der Waals surface area contributed by atoms with E-state index in [1.807, 2.05) is 38.4 Å². The number of aromatic nitrogens is 2. The van der Waals surface area contributed by atoms with Crippen molar-refractivity contribution in [2.75, 3.05) is 20.6 Å². The smallest absolute Gasteiger partial charge is 0.272 e. The van der Waals surface area contributed by atoms with Gasteiger partial charge in [0.2, 0.25) is 0 Å². The van der Waals surface area contributed by atoms with Gasteiger partial charge in [-0.15, -0.1) is 0 Å². The number of H-pyrrole nitrogens is 1. The Morgan fingerprint density at radius 2 is 1.88 bits per heavy atom. The number of nitrogens with one attached hydrogen (secondary N) is 2. The Hall–Kier alpha value is -2.66. The van der Waals surface area contributed by atoms with E-state index in [4.69, 9.17) is 0 Å². The molecule has 124 valence electrons. The van der Waals surface area contributed by atoms with E-state index < -0.39 is 0 Å². The van der Waals surface area contributed by atoms with Crippen LogP contribution >= 0.6 is 0 Å². The highest BCUT2D eigenvalue weighted by atomic mass is 16.1. The minimum Gasteiger partial charge on any atom is -0.349 e. The van der Waals surface area contributed by atoms with Gasteiger partial charge in [0.1, 0.15) is 0 Å². The molecule has 5 nitrogen and oxygen atoms in total. The molecule has 0 aliphatic heterocycles. The third-order valence-corrected chi connectivity index (χ3v) is 4.23. The van der Waals surface area contributed by atoms with Crippen molar-refractivity contribution in [1.82, 2.24) is 20.4 Å². The number of hydrogen-bond acceptors (Lipinski definition) is 3. The summed E-state index contributed by atoms with van der Waals surface area (Å²) in [5.74, 6) is -0.161. The van der Waals surface area contributed by atoms with Crippen molar-refractivity contribution in [3.05, 3.63) is 65.4 Å². The van der Waals surface area contributed by atoms with Crippen molar-refractivity contribution in [1.29, 1.82) is 0 Å². The number of hydrogen-bond donors (Lipinski definition) is 2. The van der Waals surface area contributed by atoms with Crippen LogP contribution in [0.3, 0.4) is 0 Å². The van der Waals surface area contributed by atoms with E-state index in [0.29, 0.717) is 12.2 Å². The lowest BCUT2D eigenvalue weighted by Gasteiger charge is -2.25. The van der Waals surface area contributed by atoms with E-state index in [9.17, 15) is 4.79 Å². The van der Waals surface area contributed by atoms with Gasteiger partial charge in [0, 0.05) is 11.9 Å². The first kappa shape index (κ1) is 16.2. The molecule has 5 heteroatoms. The number of benzene rings is 2. The number of nitrogens with zero attached hydrogens (tertiary/aromatic N) is 2. The molecule has 0 bridgehead atoms. The van der Waals surface area contributed by atoms with Crippen molar-refractivity contribution in [2.24, 2.45) is 0 Å². The largest absolute Gasteiger partial charge is 0.349 e. The van der Waals surface area contributed by atoms with Gasteiger partial charge in [-0.3, -0.25) is 9.89 Å². The first-order valence-corrected chi connectivity index (χ1v) is 8.00. The number of carbonyl (C=O) groups excluding carboxylic acids is 1. The summed E-state index contributed by atoms with van der Waals surface area (Å²) < 4.78 is 0. The monoisotopic (exact) mass is 322 g/mol. The standard InChI is InChI=1S/C19H22N4O/c1-13-8-10-14(11-9-13)17(23(2)3)12-20-19(24)18-15-6-4-5-7-16(15)21-22-18/h4-11,17H,12H2,1-3H3,(H,20,24)(H,21,22). The molecular weight excluding hydrogens is 300 g/mol. The van der Waals surface area contributed by atoms with E-state index in [1.165, 1.54) is 11.1 Å². The second kappa shape index (κ2) is 6.84. The number of likely N-dealkylation sites (N-methyl/N-ethyl adjacent to an activating group) is 1. The Morgan fingerprint density at radius 1 is 1.17 bits per heavy atom. The lowest BCUT2D eigenvalue weighted by Crippen LogP contribution is -2.34. The molecule has 2 aromatic carbocycles. The van der Waals surface area contributed by atoms with Gasteiger partial charge >= 0.3 is 0 Å². The maximum Gasteiger partial charge on any atom is 0.272 e. The number of rotatable bonds is 5. The fourth-order valence-electron chi connectivity index (χ4n) is 2.80. The first-order chi connectivity index (χ1) is 11.6. The van der Waals surface area contributed by atoms with Gasteiger partial charge in [-0.2, -0.15) is 5.10 Å². The second-order valence-corrected chi connectivity index (χ2v) is 6.22. The van der Waals surface area contributed by atoms with Crippen LogP contribution in [0.15, 0.2) is 48.5 Å². The molecule has 3 rings (SSSR count). The quantitative estimate of drug-likeness (QED) is 0.759. The van der Waals surface area contributed by atoms with Gasteiger partial charge in [-0.1, -0.05) is 48.0 Å². The Bertz CT molecular complexity index is 836. The van der Waals surface area contributed by atoms with Crippen LogP contribution < -0.4 is 5.32 Å². The highest BCUT2D eigenvalue weighted by Gasteiger charge is 2.18. The van der Waals surface area contributed by atoms with E-state index in [2.05, 4.69) is 51.6 Å². The normalized spacial score (nSPS) is 12.5. The topological polar surface area (TPSA) is 61.0 Å². The number of fused-ring (bicyclic) bond motifs is 1. The molecule has 0 spiro atoms. The zero-order valence-corrected chi connectivity index (χ0v) is 14.2. The maximum atomic E-state index is 12.5. The minimum atomic E-state index is -0.161. The lowest BCUT2D eigenvalue weighted by atomic mass is 10.0. The van der Waals surface area contributed by atoms with Crippen LogP contribution in [-0.4, -0.2) is 41.6 Å². The summed E-state index contributed by atoms with van der Waals surface area (Å²) in [6.07, 6.45) is 0. The van der Waals surface area contributed by atoms with Gasteiger partial charge in [-0.05, 0) is 32.6 Å². The van der Waals surface area contributed by atoms with E-state index in [0.717, 1.165) is 10.9 Å². The van der Waals surface area contributed by atoms with Crippen LogP contribution in [0.2, 0.25) is 0 Å². The molecular formula is C19H22N4O. The number of carbonyl (C=O) groups is 1. The average molecular weight is 322 g/mol. The fourth-order valence-corrected chi connectivity index (χ4v) is 2.80. The number of aryl methyl sites for hydroxylation is 1. The van der Waals surface area contributed by atoms with Gasteiger partial charge in [0.15, 0.2) is 5.69 Å². The molecule has 0 saturated carbocycles. The molecule has 1 atom stereocenters.